The smallest absolute Gasteiger partial charge is 0.156 e. The third-order valence-electron chi connectivity index (χ3n) is 8.58. The van der Waals surface area contributed by atoms with Crippen LogP contribution in [0.2, 0.25) is 0 Å². The summed E-state index contributed by atoms with van der Waals surface area (Å²) in [6.45, 7) is 7.14. The van der Waals surface area contributed by atoms with Crippen LogP contribution in [0.15, 0.2) is 23.8 Å². The molecule has 0 radical (unpaired) electrons. The van der Waals surface area contributed by atoms with E-state index in [0.29, 0.717) is 23.7 Å². The van der Waals surface area contributed by atoms with E-state index in [9.17, 15) is 9.59 Å². The first-order valence-corrected chi connectivity index (χ1v) is 9.83. The molecule has 0 amide bonds. The second kappa shape index (κ2) is 5.41. The summed E-state index contributed by atoms with van der Waals surface area (Å²) in [5, 5.41) is 0. The highest BCUT2D eigenvalue weighted by Crippen LogP contribution is 2.66. The van der Waals surface area contributed by atoms with Crippen molar-refractivity contribution < 1.29 is 9.59 Å². The van der Waals surface area contributed by atoms with Crippen LogP contribution in [0.5, 0.6) is 0 Å². The summed E-state index contributed by atoms with van der Waals surface area (Å²) in [7, 11) is 0. The van der Waals surface area contributed by atoms with Crippen molar-refractivity contribution in [3.8, 4) is 0 Å². The summed E-state index contributed by atoms with van der Waals surface area (Å²) in [6, 6.07) is 0. The molecular formula is C22H30O2. The van der Waals surface area contributed by atoms with E-state index in [0.717, 1.165) is 23.7 Å². The average Bonchev–Trinajstić information content (AvgIpc) is 2.91. The van der Waals surface area contributed by atoms with Gasteiger partial charge in [0.2, 0.25) is 0 Å². The maximum atomic E-state index is 12.0. The van der Waals surface area contributed by atoms with Gasteiger partial charge in [0.1, 0.15) is 6.29 Å². The predicted octanol–water partition coefficient (Wildman–Crippen LogP) is 4.75. The van der Waals surface area contributed by atoms with Gasteiger partial charge in [-0.15, -0.1) is 0 Å². The number of hydrogen-bond donors (Lipinski definition) is 0. The van der Waals surface area contributed by atoms with Crippen molar-refractivity contribution in [2.24, 2.45) is 40.4 Å². The maximum Gasteiger partial charge on any atom is 0.156 e. The lowest BCUT2D eigenvalue weighted by Crippen LogP contribution is -2.52. The molecule has 2 nitrogen and oxygen atoms in total. The number of aldehydes is 1. The van der Waals surface area contributed by atoms with Crippen LogP contribution in [0.25, 0.3) is 0 Å². The molecule has 7 atom stereocenters. The summed E-state index contributed by atoms with van der Waals surface area (Å²) in [6.07, 6.45) is 14.4. The van der Waals surface area contributed by atoms with Crippen LogP contribution in [0, 0.1) is 40.4 Å². The maximum absolute atomic E-state index is 12.0. The summed E-state index contributed by atoms with van der Waals surface area (Å²) >= 11 is 0. The largest absolute Gasteiger partial charge is 0.303 e. The van der Waals surface area contributed by atoms with E-state index in [1.807, 2.05) is 6.08 Å². The highest BCUT2D eigenvalue weighted by atomic mass is 16.1. The number of ketones is 1. The van der Waals surface area contributed by atoms with E-state index in [4.69, 9.17) is 0 Å². The Labute approximate surface area is 145 Å². The van der Waals surface area contributed by atoms with Gasteiger partial charge < -0.3 is 4.79 Å². The molecule has 24 heavy (non-hydrogen) atoms. The Morgan fingerprint density at radius 1 is 1.21 bits per heavy atom. The monoisotopic (exact) mass is 326 g/mol. The first-order valence-electron chi connectivity index (χ1n) is 9.83. The molecule has 0 bridgehead atoms. The topological polar surface area (TPSA) is 34.1 Å². The molecule has 0 saturated heterocycles. The number of carbonyl (C=O) groups excluding carboxylic acids is 2. The van der Waals surface area contributed by atoms with E-state index in [1.54, 1.807) is 0 Å². The van der Waals surface area contributed by atoms with Crippen LogP contribution in [0.3, 0.4) is 0 Å². The quantitative estimate of drug-likeness (QED) is 0.687. The number of allylic oxidation sites excluding steroid dienone is 4. The van der Waals surface area contributed by atoms with E-state index in [-0.39, 0.29) is 17.1 Å². The zero-order chi connectivity index (χ0) is 17.1. The average molecular weight is 326 g/mol. The van der Waals surface area contributed by atoms with Gasteiger partial charge >= 0.3 is 0 Å². The summed E-state index contributed by atoms with van der Waals surface area (Å²) in [4.78, 5) is 23.9. The first-order chi connectivity index (χ1) is 11.4. The van der Waals surface area contributed by atoms with Crippen LogP contribution >= 0.6 is 0 Å². The Morgan fingerprint density at radius 3 is 2.71 bits per heavy atom. The van der Waals surface area contributed by atoms with Crippen LogP contribution in [-0.2, 0) is 9.59 Å². The number of rotatable bonds is 2. The van der Waals surface area contributed by atoms with Crippen LogP contribution in [0.4, 0.5) is 0 Å². The van der Waals surface area contributed by atoms with Crippen molar-refractivity contribution in [2.75, 3.05) is 0 Å². The molecule has 0 spiro atoms. The molecule has 0 aliphatic heterocycles. The lowest BCUT2D eigenvalue weighted by molar-refractivity contribution is -0.126. The molecule has 2 saturated carbocycles. The fourth-order valence-corrected chi connectivity index (χ4v) is 7.09. The van der Waals surface area contributed by atoms with Gasteiger partial charge in [0.15, 0.2) is 5.78 Å². The van der Waals surface area contributed by atoms with Crippen molar-refractivity contribution in [3.63, 3.8) is 0 Å². The Balaban J connectivity index is 1.77. The van der Waals surface area contributed by atoms with Crippen molar-refractivity contribution in [1.82, 2.24) is 0 Å². The number of hydrogen-bond acceptors (Lipinski definition) is 2. The molecule has 2 heteroatoms. The van der Waals surface area contributed by atoms with Crippen LogP contribution < -0.4 is 0 Å². The minimum atomic E-state index is -0.143. The first kappa shape index (κ1) is 16.3. The minimum absolute atomic E-state index is 0.121. The lowest BCUT2D eigenvalue weighted by Gasteiger charge is -2.57. The molecule has 0 aromatic heterocycles. The second-order valence-corrected chi connectivity index (χ2v) is 9.17. The standard InChI is InChI=1S/C22H30O2/c1-4-14-6-8-19-18-7-5-15-11-17(24)12-16(13-23)22(15,3)20(18)9-10-21(14,19)2/h5,7,11,13-14,16,18-20H,4,6,8-10,12H2,1-3H3/t14-,16?,18-,19-,20-,21+,22+/m0/s1. The molecular weight excluding hydrogens is 296 g/mol. The van der Waals surface area contributed by atoms with Crippen LogP contribution in [0.1, 0.15) is 59.3 Å². The van der Waals surface area contributed by atoms with Gasteiger partial charge in [-0.05, 0) is 66.4 Å². The van der Waals surface area contributed by atoms with E-state index < -0.39 is 0 Å². The molecule has 130 valence electrons. The molecule has 4 aliphatic carbocycles. The SMILES string of the molecule is CC[C@H]1CC[C@H]2[C@@H]3C=CC4=CC(=O)CC(C=O)[C@]4(C)[C@H]3CC[C@]12C. The Bertz CT molecular complexity index is 630. The molecule has 4 rings (SSSR count). The highest BCUT2D eigenvalue weighted by molar-refractivity contribution is 5.94. The minimum Gasteiger partial charge on any atom is -0.303 e. The third-order valence-corrected chi connectivity index (χ3v) is 8.58. The van der Waals surface area contributed by atoms with Crippen LogP contribution in [-0.4, -0.2) is 12.1 Å². The van der Waals surface area contributed by atoms with Crippen molar-refractivity contribution in [1.29, 1.82) is 0 Å². The molecule has 0 aromatic carbocycles. The fourth-order valence-electron chi connectivity index (χ4n) is 7.09. The van der Waals surface area contributed by atoms with Gasteiger partial charge in [0.25, 0.3) is 0 Å². The third kappa shape index (κ3) is 1.95. The van der Waals surface area contributed by atoms with Gasteiger partial charge in [-0.2, -0.15) is 0 Å². The number of carbonyl (C=O) groups is 2. The van der Waals surface area contributed by atoms with Crippen molar-refractivity contribution in [3.05, 3.63) is 23.8 Å². The summed E-state index contributed by atoms with van der Waals surface area (Å²) in [5.74, 6) is 2.69. The zero-order valence-corrected chi connectivity index (χ0v) is 15.3. The van der Waals surface area contributed by atoms with E-state index in [1.165, 1.54) is 32.1 Å². The molecule has 0 aromatic rings. The molecule has 4 aliphatic rings. The Kier molecular flexibility index (Phi) is 3.67. The summed E-state index contributed by atoms with van der Waals surface area (Å²) < 4.78 is 0. The zero-order valence-electron chi connectivity index (χ0n) is 15.3. The molecule has 0 N–H and O–H groups in total. The van der Waals surface area contributed by atoms with E-state index >= 15 is 0 Å². The highest BCUT2D eigenvalue weighted by Gasteiger charge is 2.59. The predicted molar refractivity (Wildman–Crippen MR) is 95.3 cm³/mol. The van der Waals surface area contributed by atoms with Gasteiger partial charge in [-0.1, -0.05) is 39.3 Å². The van der Waals surface area contributed by atoms with Gasteiger partial charge in [-0.3, -0.25) is 4.79 Å². The second-order valence-electron chi connectivity index (χ2n) is 9.17. The number of fused-ring (bicyclic) bond motifs is 5. The van der Waals surface area contributed by atoms with Gasteiger partial charge in [0.05, 0.1) is 0 Å². The van der Waals surface area contributed by atoms with Gasteiger partial charge in [-0.25, -0.2) is 0 Å². The lowest BCUT2D eigenvalue weighted by atomic mass is 9.46. The van der Waals surface area contributed by atoms with Gasteiger partial charge in [0, 0.05) is 17.8 Å². The molecule has 1 unspecified atom stereocenters. The Morgan fingerprint density at radius 2 is 2.00 bits per heavy atom. The molecule has 2 fully saturated rings. The normalized spacial score (nSPS) is 49.9. The summed E-state index contributed by atoms with van der Waals surface area (Å²) in [5.41, 5.74) is 1.45. The Hall–Kier alpha value is -1.18. The molecule has 0 heterocycles. The van der Waals surface area contributed by atoms with Crippen molar-refractivity contribution in [2.45, 2.75) is 59.3 Å². The fraction of sp³-hybridized carbons (Fsp3) is 0.727. The van der Waals surface area contributed by atoms with Crippen molar-refractivity contribution >= 4 is 12.1 Å². The van der Waals surface area contributed by atoms with E-state index in [2.05, 4.69) is 32.9 Å².